The van der Waals surface area contributed by atoms with Crippen molar-refractivity contribution in [1.29, 1.82) is 0 Å². The third-order valence-electron chi connectivity index (χ3n) is 4.94. The summed E-state index contributed by atoms with van der Waals surface area (Å²) in [7, 11) is -1.84. The minimum atomic E-state index is -3.56. The van der Waals surface area contributed by atoms with E-state index < -0.39 is 10.0 Å². The molecule has 5 nitrogen and oxygen atoms in total. The van der Waals surface area contributed by atoms with Crippen LogP contribution in [0.5, 0.6) is 0 Å². The Morgan fingerprint density at radius 1 is 1.26 bits per heavy atom. The summed E-state index contributed by atoms with van der Waals surface area (Å²) in [5.41, 5.74) is 5.43. The monoisotopic (exact) mass is 331 g/mol. The summed E-state index contributed by atoms with van der Waals surface area (Å²) in [4.78, 5) is 0. The van der Waals surface area contributed by atoms with Crippen LogP contribution in [0.15, 0.2) is 23.2 Å². The maximum absolute atomic E-state index is 12.9. The fourth-order valence-corrected chi connectivity index (χ4v) is 5.60. The molecule has 0 saturated heterocycles. The summed E-state index contributed by atoms with van der Waals surface area (Å²) in [5, 5.41) is 4.74. The van der Waals surface area contributed by atoms with E-state index in [9.17, 15) is 8.42 Å². The topological polar surface area (TPSA) is 64.0 Å². The molecule has 0 aliphatic heterocycles. The molecule has 122 valence electrons. The zero-order chi connectivity index (χ0) is 16.2. The summed E-state index contributed by atoms with van der Waals surface area (Å²) in [6, 6.07) is 6.12. The number of nitrogens with zero attached hydrogens (tertiary/aromatic N) is 2. The van der Waals surface area contributed by atoms with E-state index in [-0.39, 0.29) is 6.04 Å². The summed E-state index contributed by atoms with van der Waals surface area (Å²) in [6.07, 6.45) is 4.42. The van der Waals surface area contributed by atoms with Crippen LogP contribution in [0, 0.1) is 6.92 Å². The molecule has 2 aromatic rings. The van der Waals surface area contributed by atoms with Crippen molar-refractivity contribution in [3.63, 3.8) is 0 Å². The van der Waals surface area contributed by atoms with Gasteiger partial charge in [0.1, 0.15) is 0 Å². The van der Waals surface area contributed by atoms with Gasteiger partial charge in [0, 0.05) is 18.7 Å². The third kappa shape index (κ3) is 2.40. The maximum Gasteiger partial charge on any atom is 0.258 e. The van der Waals surface area contributed by atoms with Gasteiger partial charge in [0.05, 0.1) is 5.69 Å². The van der Waals surface area contributed by atoms with Crippen LogP contribution in [0.4, 0.5) is 0 Å². The molecule has 0 bridgehead atoms. The smallest absolute Gasteiger partial charge is 0.256 e. The lowest BCUT2D eigenvalue weighted by Gasteiger charge is -2.15. The van der Waals surface area contributed by atoms with Crippen LogP contribution in [0.1, 0.15) is 46.8 Å². The van der Waals surface area contributed by atoms with Crippen molar-refractivity contribution in [2.24, 2.45) is 7.05 Å². The Labute approximate surface area is 136 Å². The van der Waals surface area contributed by atoms with Gasteiger partial charge >= 0.3 is 0 Å². The average Bonchev–Trinajstić information content (AvgIpc) is 3.12. The van der Waals surface area contributed by atoms with Crippen LogP contribution in [0.2, 0.25) is 0 Å². The minimum absolute atomic E-state index is 0.137. The quantitative estimate of drug-likeness (QED) is 0.937. The predicted octanol–water partition coefficient (Wildman–Crippen LogP) is 2.18. The molecular formula is C17H21N3O2S. The highest BCUT2D eigenvalue weighted by Crippen LogP contribution is 2.34. The van der Waals surface area contributed by atoms with Crippen molar-refractivity contribution in [2.75, 3.05) is 0 Å². The van der Waals surface area contributed by atoms with Gasteiger partial charge in [-0.1, -0.05) is 23.8 Å². The summed E-state index contributed by atoms with van der Waals surface area (Å²) >= 11 is 0. The molecule has 0 amide bonds. The molecule has 1 atom stereocenters. The number of aromatic nitrogens is 2. The number of sulfonamides is 1. The molecule has 0 saturated carbocycles. The van der Waals surface area contributed by atoms with Crippen molar-refractivity contribution in [3.05, 3.63) is 46.1 Å². The molecule has 0 radical (unpaired) electrons. The fraction of sp³-hybridized carbons (Fsp3) is 0.471. The molecule has 2 aliphatic rings. The van der Waals surface area contributed by atoms with Crippen molar-refractivity contribution in [1.82, 2.24) is 14.5 Å². The highest BCUT2D eigenvalue weighted by Gasteiger charge is 2.33. The van der Waals surface area contributed by atoms with E-state index >= 15 is 0 Å². The molecule has 6 heteroatoms. The number of fused-ring (bicyclic) bond motifs is 2. The lowest BCUT2D eigenvalue weighted by Crippen LogP contribution is -2.29. The standard InChI is InChI=1S/C17H21N3O2S/c1-11-6-8-13-12(10-11)7-9-16(13)19-23(21,22)17-14-4-3-5-15(14)18-20(17)2/h6,8,10,16,19H,3-5,7,9H2,1-2H3. The zero-order valence-corrected chi connectivity index (χ0v) is 14.3. The van der Waals surface area contributed by atoms with Crippen molar-refractivity contribution in [2.45, 2.75) is 50.1 Å². The van der Waals surface area contributed by atoms with Crippen molar-refractivity contribution < 1.29 is 8.42 Å². The first kappa shape index (κ1) is 14.9. The van der Waals surface area contributed by atoms with Gasteiger partial charge in [-0.25, -0.2) is 13.1 Å². The molecule has 4 rings (SSSR count). The van der Waals surface area contributed by atoms with Crippen LogP contribution in [0.25, 0.3) is 0 Å². The Hall–Kier alpha value is -1.66. The highest BCUT2D eigenvalue weighted by atomic mass is 32.2. The van der Waals surface area contributed by atoms with E-state index in [1.165, 1.54) is 15.8 Å². The van der Waals surface area contributed by atoms with E-state index in [0.29, 0.717) is 5.03 Å². The number of hydrogen-bond acceptors (Lipinski definition) is 3. The van der Waals surface area contributed by atoms with Gasteiger partial charge in [0.2, 0.25) is 0 Å². The van der Waals surface area contributed by atoms with Crippen molar-refractivity contribution in [3.8, 4) is 0 Å². The van der Waals surface area contributed by atoms with Gasteiger partial charge in [-0.2, -0.15) is 5.10 Å². The zero-order valence-electron chi connectivity index (χ0n) is 13.5. The number of nitrogens with one attached hydrogen (secondary N) is 1. The van der Waals surface area contributed by atoms with Crippen LogP contribution in [-0.4, -0.2) is 18.2 Å². The maximum atomic E-state index is 12.9. The van der Waals surface area contributed by atoms with E-state index in [2.05, 4.69) is 28.9 Å². The van der Waals surface area contributed by atoms with Crippen LogP contribution in [-0.2, 0) is 36.3 Å². The average molecular weight is 331 g/mol. The second kappa shape index (κ2) is 5.18. The molecule has 0 fully saturated rings. The first-order chi connectivity index (χ1) is 11.0. The molecule has 1 unspecified atom stereocenters. The van der Waals surface area contributed by atoms with E-state index in [1.807, 2.05) is 6.07 Å². The molecule has 23 heavy (non-hydrogen) atoms. The predicted molar refractivity (Wildman–Crippen MR) is 87.8 cm³/mol. The fourth-order valence-electron chi connectivity index (χ4n) is 3.94. The Balaban J connectivity index is 1.68. The van der Waals surface area contributed by atoms with E-state index in [4.69, 9.17) is 0 Å². The van der Waals surface area contributed by atoms with Gasteiger partial charge < -0.3 is 0 Å². The summed E-state index contributed by atoms with van der Waals surface area (Å²) < 4.78 is 30.3. The first-order valence-corrected chi connectivity index (χ1v) is 9.60. The number of rotatable bonds is 3. The Morgan fingerprint density at radius 3 is 2.91 bits per heavy atom. The Morgan fingerprint density at radius 2 is 2.09 bits per heavy atom. The summed E-state index contributed by atoms with van der Waals surface area (Å²) in [5.74, 6) is 0. The number of hydrogen-bond donors (Lipinski definition) is 1. The minimum Gasteiger partial charge on any atom is -0.256 e. The van der Waals surface area contributed by atoms with Crippen molar-refractivity contribution >= 4 is 10.0 Å². The van der Waals surface area contributed by atoms with Gasteiger partial charge in [0.15, 0.2) is 5.03 Å². The number of aryl methyl sites for hydroxylation is 4. The largest absolute Gasteiger partial charge is 0.258 e. The molecule has 1 N–H and O–H groups in total. The second-order valence-corrected chi connectivity index (χ2v) is 8.25. The van der Waals surface area contributed by atoms with E-state index in [0.717, 1.165) is 48.9 Å². The molecular weight excluding hydrogens is 310 g/mol. The van der Waals surface area contributed by atoms with Gasteiger partial charge in [-0.15, -0.1) is 0 Å². The molecule has 0 spiro atoms. The van der Waals surface area contributed by atoms with Gasteiger partial charge in [-0.3, -0.25) is 4.68 Å². The Bertz CT molecular complexity index is 883. The molecule has 2 aliphatic carbocycles. The SMILES string of the molecule is Cc1ccc2c(c1)CCC2NS(=O)(=O)c1c2c(nn1C)CCC2. The normalized spacial score (nSPS) is 19.8. The summed E-state index contributed by atoms with van der Waals surface area (Å²) in [6.45, 7) is 2.07. The second-order valence-electron chi connectivity index (χ2n) is 6.62. The highest BCUT2D eigenvalue weighted by molar-refractivity contribution is 7.89. The molecule has 1 heterocycles. The van der Waals surface area contributed by atoms with Gasteiger partial charge in [-0.05, 0) is 50.2 Å². The first-order valence-electron chi connectivity index (χ1n) is 8.12. The van der Waals surface area contributed by atoms with Crippen LogP contribution in [0.3, 0.4) is 0 Å². The molecule has 1 aromatic heterocycles. The third-order valence-corrected chi connectivity index (χ3v) is 6.55. The number of benzene rings is 1. The van der Waals surface area contributed by atoms with E-state index in [1.54, 1.807) is 7.05 Å². The Kier molecular flexibility index (Phi) is 3.35. The van der Waals surface area contributed by atoms with Crippen LogP contribution >= 0.6 is 0 Å². The lowest BCUT2D eigenvalue weighted by molar-refractivity contribution is 0.536. The van der Waals surface area contributed by atoms with Crippen LogP contribution < -0.4 is 4.72 Å². The molecule has 1 aromatic carbocycles. The van der Waals surface area contributed by atoms with Gasteiger partial charge in [0.25, 0.3) is 10.0 Å². The lowest BCUT2D eigenvalue weighted by atomic mass is 10.1.